The van der Waals surface area contributed by atoms with Gasteiger partial charge in [0, 0.05) is 43.1 Å². The summed E-state index contributed by atoms with van der Waals surface area (Å²) in [6.07, 6.45) is 1.82. The minimum absolute atomic E-state index is 0.0404. The number of morpholine rings is 1. The fraction of sp³-hybridized carbons (Fsp3) is 0.444. The van der Waals surface area contributed by atoms with Crippen LogP contribution in [-0.2, 0) is 9.53 Å². The lowest BCUT2D eigenvalue weighted by atomic mass is 9.90. The summed E-state index contributed by atoms with van der Waals surface area (Å²) in [5.74, 6) is 1.45. The number of hydrogen-bond donors (Lipinski definition) is 1. The van der Waals surface area contributed by atoms with Crippen LogP contribution in [0.1, 0.15) is 39.2 Å². The molecule has 8 nitrogen and oxygen atoms in total. The Hall–Kier alpha value is -3.23. The van der Waals surface area contributed by atoms with Crippen molar-refractivity contribution in [2.75, 3.05) is 26.2 Å². The molecule has 2 aromatic carbocycles. The number of benzene rings is 2. The zero-order valence-corrected chi connectivity index (χ0v) is 20.5. The van der Waals surface area contributed by atoms with Crippen molar-refractivity contribution in [3.8, 4) is 17.2 Å². The van der Waals surface area contributed by atoms with Crippen LogP contribution in [0.15, 0.2) is 52.0 Å². The highest BCUT2D eigenvalue weighted by Crippen LogP contribution is 2.28. The van der Waals surface area contributed by atoms with Crippen LogP contribution < -0.4 is 10.2 Å². The number of hydrazone groups is 1. The first-order valence-corrected chi connectivity index (χ1v) is 12.4. The molecule has 1 aromatic heterocycles. The predicted octanol–water partition coefficient (Wildman–Crippen LogP) is 4.23. The largest absolute Gasteiger partial charge is 0.492 e. The summed E-state index contributed by atoms with van der Waals surface area (Å²) in [5.41, 5.74) is 6.79. The molecule has 3 heterocycles. The fourth-order valence-corrected chi connectivity index (χ4v) is 4.88. The van der Waals surface area contributed by atoms with E-state index in [4.69, 9.17) is 13.9 Å². The number of hydrogen-bond acceptors (Lipinski definition) is 7. The van der Waals surface area contributed by atoms with Gasteiger partial charge in [0.15, 0.2) is 5.58 Å². The number of oxazole rings is 1. The second kappa shape index (κ2) is 10.2. The number of nitrogens with one attached hydrogen (secondary N) is 1. The summed E-state index contributed by atoms with van der Waals surface area (Å²) in [4.78, 5) is 18.7. The van der Waals surface area contributed by atoms with Crippen molar-refractivity contribution < 1.29 is 18.7 Å². The average molecular weight is 477 g/mol. The third-order valence-electron chi connectivity index (χ3n) is 6.57. The van der Waals surface area contributed by atoms with Crippen molar-refractivity contribution >= 4 is 22.7 Å². The number of aromatic nitrogens is 1. The van der Waals surface area contributed by atoms with Gasteiger partial charge in [0.2, 0.25) is 11.8 Å². The normalized spacial score (nSPS) is 23.2. The zero-order chi connectivity index (χ0) is 24.4. The average Bonchev–Trinajstić information content (AvgIpc) is 3.27. The standard InChI is InChI=1S/C27H32N4O4/c1-4-19-14-25(32)29-30-26(19)21-7-10-23-24(13-21)35-27(28-23)20-5-8-22(9-6-20)33-12-11-31-15-17(2)34-18(3)16-31/h5-10,13,17-19H,4,11-12,14-16H2,1-3H3,(H,29,32). The number of ether oxygens (including phenoxy) is 2. The van der Waals surface area contributed by atoms with E-state index in [1.54, 1.807) is 0 Å². The quantitative estimate of drug-likeness (QED) is 0.549. The van der Waals surface area contributed by atoms with Gasteiger partial charge in [0.1, 0.15) is 17.9 Å². The van der Waals surface area contributed by atoms with Crippen LogP contribution in [-0.4, -0.2) is 60.0 Å². The first-order valence-electron chi connectivity index (χ1n) is 12.4. The summed E-state index contributed by atoms with van der Waals surface area (Å²) in [7, 11) is 0. The molecule has 1 N–H and O–H groups in total. The third-order valence-corrected chi connectivity index (χ3v) is 6.57. The van der Waals surface area contributed by atoms with E-state index in [2.05, 4.69) is 41.2 Å². The Labute approximate surface area is 205 Å². The van der Waals surface area contributed by atoms with Gasteiger partial charge in [-0.05, 0) is 56.7 Å². The topological polar surface area (TPSA) is 89.2 Å². The Morgan fingerprint density at radius 2 is 1.83 bits per heavy atom. The summed E-state index contributed by atoms with van der Waals surface area (Å²) in [6.45, 7) is 9.68. The molecule has 0 radical (unpaired) electrons. The highest BCUT2D eigenvalue weighted by atomic mass is 16.5. The van der Waals surface area contributed by atoms with E-state index < -0.39 is 0 Å². The van der Waals surface area contributed by atoms with E-state index in [1.165, 1.54) is 0 Å². The van der Waals surface area contributed by atoms with Crippen molar-refractivity contribution in [2.24, 2.45) is 11.0 Å². The van der Waals surface area contributed by atoms with Gasteiger partial charge in [-0.2, -0.15) is 5.10 Å². The Bertz CT molecular complexity index is 1210. The minimum atomic E-state index is -0.0404. The van der Waals surface area contributed by atoms with Crippen LogP contribution in [0.2, 0.25) is 0 Å². The number of carbonyl (C=O) groups excluding carboxylic acids is 1. The van der Waals surface area contributed by atoms with Crippen LogP contribution in [0.25, 0.3) is 22.6 Å². The van der Waals surface area contributed by atoms with Gasteiger partial charge in [0.25, 0.3) is 0 Å². The number of amides is 1. The van der Waals surface area contributed by atoms with E-state index >= 15 is 0 Å². The molecular weight excluding hydrogens is 444 g/mol. The molecule has 3 atom stereocenters. The second-order valence-electron chi connectivity index (χ2n) is 9.43. The summed E-state index contributed by atoms with van der Waals surface area (Å²) < 4.78 is 17.8. The van der Waals surface area contributed by atoms with Crippen LogP contribution in [0.5, 0.6) is 5.75 Å². The van der Waals surface area contributed by atoms with Gasteiger partial charge in [0.05, 0.1) is 17.9 Å². The molecule has 2 aliphatic heterocycles. The Morgan fingerprint density at radius 1 is 1.09 bits per heavy atom. The summed E-state index contributed by atoms with van der Waals surface area (Å²) >= 11 is 0. The van der Waals surface area contributed by atoms with E-state index in [0.717, 1.165) is 54.2 Å². The molecule has 35 heavy (non-hydrogen) atoms. The van der Waals surface area contributed by atoms with Gasteiger partial charge in [-0.15, -0.1) is 0 Å². The van der Waals surface area contributed by atoms with Crippen molar-refractivity contribution in [2.45, 2.75) is 45.8 Å². The lowest BCUT2D eigenvalue weighted by Crippen LogP contribution is -2.46. The fourth-order valence-electron chi connectivity index (χ4n) is 4.88. The van der Waals surface area contributed by atoms with Gasteiger partial charge in [-0.25, -0.2) is 10.4 Å². The Morgan fingerprint density at radius 3 is 2.57 bits per heavy atom. The van der Waals surface area contributed by atoms with Gasteiger partial charge in [-0.1, -0.05) is 13.0 Å². The molecule has 2 aliphatic rings. The van der Waals surface area contributed by atoms with Crippen molar-refractivity contribution in [1.29, 1.82) is 0 Å². The second-order valence-corrected chi connectivity index (χ2v) is 9.43. The molecule has 0 spiro atoms. The van der Waals surface area contributed by atoms with E-state index in [-0.39, 0.29) is 24.0 Å². The lowest BCUT2D eigenvalue weighted by Gasteiger charge is -2.35. The van der Waals surface area contributed by atoms with Crippen LogP contribution in [0.3, 0.4) is 0 Å². The molecule has 0 bridgehead atoms. The number of fused-ring (bicyclic) bond motifs is 1. The minimum Gasteiger partial charge on any atom is -0.492 e. The maximum atomic E-state index is 11.7. The van der Waals surface area contributed by atoms with Crippen LogP contribution >= 0.6 is 0 Å². The van der Waals surface area contributed by atoms with E-state index in [0.29, 0.717) is 24.5 Å². The molecule has 0 saturated carbocycles. The number of nitrogens with zero attached hydrogens (tertiary/aromatic N) is 3. The van der Waals surface area contributed by atoms with Crippen molar-refractivity contribution in [3.63, 3.8) is 0 Å². The Balaban J connectivity index is 1.24. The third kappa shape index (κ3) is 5.39. The molecule has 3 aromatic rings. The maximum Gasteiger partial charge on any atom is 0.240 e. The number of rotatable bonds is 7. The molecule has 3 unspecified atom stereocenters. The van der Waals surface area contributed by atoms with Gasteiger partial charge < -0.3 is 13.9 Å². The highest BCUT2D eigenvalue weighted by Gasteiger charge is 2.25. The smallest absolute Gasteiger partial charge is 0.240 e. The highest BCUT2D eigenvalue weighted by molar-refractivity contribution is 6.07. The molecule has 1 saturated heterocycles. The zero-order valence-electron chi connectivity index (χ0n) is 20.5. The molecular formula is C27H32N4O4. The number of carbonyl (C=O) groups is 1. The SMILES string of the molecule is CCC1CC(=O)NN=C1c1ccc2nc(-c3ccc(OCCN4CC(C)OC(C)C4)cc3)oc2c1. The summed E-state index contributed by atoms with van der Waals surface area (Å²) in [6, 6.07) is 13.7. The van der Waals surface area contributed by atoms with Crippen LogP contribution in [0.4, 0.5) is 0 Å². The maximum absolute atomic E-state index is 11.7. The first-order chi connectivity index (χ1) is 17.0. The van der Waals surface area contributed by atoms with Crippen LogP contribution in [0, 0.1) is 5.92 Å². The van der Waals surface area contributed by atoms with Gasteiger partial charge >= 0.3 is 0 Å². The lowest BCUT2D eigenvalue weighted by molar-refractivity contribution is -0.122. The molecule has 8 heteroatoms. The molecule has 1 amide bonds. The van der Waals surface area contributed by atoms with Crippen molar-refractivity contribution in [3.05, 3.63) is 48.0 Å². The Kier molecular flexibility index (Phi) is 6.83. The molecule has 1 fully saturated rings. The van der Waals surface area contributed by atoms with E-state index in [9.17, 15) is 4.79 Å². The van der Waals surface area contributed by atoms with Crippen molar-refractivity contribution in [1.82, 2.24) is 15.3 Å². The monoisotopic (exact) mass is 476 g/mol. The predicted molar refractivity (Wildman–Crippen MR) is 134 cm³/mol. The van der Waals surface area contributed by atoms with Gasteiger partial charge in [-0.3, -0.25) is 9.69 Å². The molecule has 184 valence electrons. The molecule has 5 rings (SSSR count). The van der Waals surface area contributed by atoms with E-state index in [1.807, 2.05) is 42.5 Å². The first kappa shape index (κ1) is 23.5. The molecule has 0 aliphatic carbocycles. The summed E-state index contributed by atoms with van der Waals surface area (Å²) in [5, 5.41) is 4.31.